The van der Waals surface area contributed by atoms with E-state index in [1.54, 1.807) is 11.3 Å². The molecule has 0 radical (unpaired) electrons. The van der Waals surface area contributed by atoms with Crippen molar-refractivity contribution in [3.05, 3.63) is 56.7 Å². The molecule has 2 unspecified atom stereocenters. The summed E-state index contributed by atoms with van der Waals surface area (Å²) in [5.74, 6) is -0.720. The number of rotatable bonds is 4. The molecule has 1 fully saturated rings. The molecule has 1 aliphatic heterocycles. The number of hydrogen-bond donors (Lipinski definition) is 1. The second-order valence-corrected chi connectivity index (χ2v) is 6.94. The van der Waals surface area contributed by atoms with Gasteiger partial charge in [0.15, 0.2) is 0 Å². The van der Waals surface area contributed by atoms with Crippen molar-refractivity contribution < 1.29 is 9.90 Å². The van der Waals surface area contributed by atoms with Gasteiger partial charge in [0.25, 0.3) is 0 Å². The van der Waals surface area contributed by atoms with Crippen LogP contribution in [0.25, 0.3) is 0 Å². The second kappa shape index (κ2) is 6.30. The largest absolute Gasteiger partial charge is 0.480 e. The molecule has 0 spiro atoms. The van der Waals surface area contributed by atoms with Crippen LogP contribution in [-0.2, 0) is 4.79 Å². The van der Waals surface area contributed by atoms with Gasteiger partial charge >= 0.3 is 5.97 Å². The molecule has 0 aliphatic carbocycles. The van der Waals surface area contributed by atoms with Gasteiger partial charge in [-0.1, -0.05) is 28.1 Å². The van der Waals surface area contributed by atoms with E-state index in [-0.39, 0.29) is 6.04 Å². The number of thiophene rings is 1. The summed E-state index contributed by atoms with van der Waals surface area (Å²) in [7, 11) is 0. The van der Waals surface area contributed by atoms with Crippen LogP contribution in [0.4, 0.5) is 0 Å². The molecule has 2 atom stereocenters. The summed E-state index contributed by atoms with van der Waals surface area (Å²) in [5.41, 5.74) is 2.31. The predicted octanol–water partition coefficient (Wildman–Crippen LogP) is 4.15. The SMILES string of the molecule is O=C(O)C1CCCN1C(c1ccsc1)c1cccc(Br)c1. The zero-order chi connectivity index (χ0) is 14.8. The Morgan fingerprint density at radius 2 is 2.24 bits per heavy atom. The lowest BCUT2D eigenvalue weighted by Crippen LogP contribution is -2.39. The maximum Gasteiger partial charge on any atom is 0.320 e. The van der Waals surface area contributed by atoms with Crippen LogP contribution >= 0.6 is 27.3 Å². The van der Waals surface area contributed by atoms with Gasteiger partial charge in [-0.25, -0.2) is 0 Å². The molecule has 3 rings (SSSR count). The lowest BCUT2D eigenvalue weighted by molar-refractivity contribution is -0.142. The van der Waals surface area contributed by atoms with Gasteiger partial charge in [-0.2, -0.15) is 11.3 Å². The lowest BCUT2D eigenvalue weighted by Gasteiger charge is -2.31. The van der Waals surface area contributed by atoms with Gasteiger partial charge in [0.05, 0.1) is 6.04 Å². The number of hydrogen-bond acceptors (Lipinski definition) is 3. The Hall–Kier alpha value is -1.17. The molecule has 1 N–H and O–H groups in total. The number of likely N-dealkylation sites (tertiary alicyclic amines) is 1. The molecule has 5 heteroatoms. The molecule has 1 aromatic carbocycles. The first-order valence-electron chi connectivity index (χ1n) is 6.93. The Balaban J connectivity index is 2.03. The van der Waals surface area contributed by atoms with Crippen molar-refractivity contribution in [1.82, 2.24) is 4.90 Å². The maximum absolute atomic E-state index is 11.5. The van der Waals surface area contributed by atoms with E-state index in [0.717, 1.165) is 29.4 Å². The highest BCUT2D eigenvalue weighted by Gasteiger charge is 2.36. The monoisotopic (exact) mass is 365 g/mol. The fraction of sp³-hybridized carbons (Fsp3) is 0.312. The first kappa shape index (κ1) is 14.8. The van der Waals surface area contributed by atoms with Crippen molar-refractivity contribution in [3.63, 3.8) is 0 Å². The van der Waals surface area contributed by atoms with E-state index in [2.05, 4.69) is 44.4 Å². The van der Waals surface area contributed by atoms with Crippen molar-refractivity contribution in [2.75, 3.05) is 6.54 Å². The Bertz CT molecular complexity index is 629. The topological polar surface area (TPSA) is 40.5 Å². The first-order chi connectivity index (χ1) is 10.2. The Morgan fingerprint density at radius 3 is 2.90 bits per heavy atom. The Labute approximate surface area is 136 Å². The third kappa shape index (κ3) is 3.05. The molecular formula is C16H16BrNO2S. The van der Waals surface area contributed by atoms with E-state index in [4.69, 9.17) is 0 Å². The van der Waals surface area contributed by atoms with Crippen LogP contribution in [0.3, 0.4) is 0 Å². The van der Waals surface area contributed by atoms with Crippen molar-refractivity contribution in [2.45, 2.75) is 24.9 Å². The highest BCUT2D eigenvalue weighted by atomic mass is 79.9. The van der Waals surface area contributed by atoms with E-state index >= 15 is 0 Å². The van der Waals surface area contributed by atoms with Crippen LogP contribution in [0.1, 0.15) is 30.0 Å². The van der Waals surface area contributed by atoms with Crippen LogP contribution in [0.2, 0.25) is 0 Å². The summed E-state index contributed by atoms with van der Waals surface area (Å²) in [4.78, 5) is 13.7. The lowest BCUT2D eigenvalue weighted by atomic mass is 9.98. The van der Waals surface area contributed by atoms with Crippen molar-refractivity contribution >= 4 is 33.2 Å². The van der Waals surface area contributed by atoms with Crippen molar-refractivity contribution in [1.29, 1.82) is 0 Å². The smallest absolute Gasteiger partial charge is 0.320 e. The first-order valence-corrected chi connectivity index (χ1v) is 8.66. The molecule has 0 saturated carbocycles. The van der Waals surface area contributed by atoms with Crippen molar-refractivity contribution in [2.24, 2.45) is 0 Å². The summed E-state index contributed by atoms with van der Waals surface area (Å²) in [6.45, 7) is 0.823. The number of aliphatic carboxylic acids is 1. The minimum Gasteiger partial charge on any atom is -0.480 e. The number of carbonyl (C=O) groups is 1. The zero-order valence-electron chi connectivity index (χ0n) is 11.4. The molecule has 1 aromatic heterocycles. The summed E-state index contributed by atoms with van der Waals surface area (Å²) in [6, 6.07) is 9.86. The highest BCUT2D eigenvalue weighted by molar-refractivity contribution is 9.10. The molecule has 1 aliphatic rings. The molecule has 3 nitrogen and oxygen atoms in total. The average molecular weight is 366 g/mol. The molecule has 2 heterocycles. The molecule has 110 valence electrons. The van der Waals surface area contributed by atoms with Gasteiger partial charge in [-0.05, 0) is 52.9 Å². The molecule has 0 bridgehead atoms. The van der Waals surface area contributed by atoms with E-state index in [1.807, 2.05) is 17.5 Å². The Kier molecular flexibility index (Phi) is 4.42. The number of benzene rings is 1. The van der Waals surface area contributed by atoms with Crippen LogP contribution in [0.5, 0.6) is 0 Å². The molecular weight excluding hydrogens is 350 g/mol. The highest BCUT2D eigenvalue weighted by Crippen LogP contribution is 2.36. The van der Waals surface area contributed by atoms with Gasteiger partial charge in [0, 0.05) is 11.0 Å². The van der Waals surface area contributed by atoms with Gasteiger partial charge < -0.3 is 5.11 Å². The Morgan fingerprint density at radius 1 is 1.38 bits per heavy atom. The van der Waals surface area contributed by atoms with Crippen LogP contribution < -0.4 is 0 Å². The number of halogens is 1. The molecule has 2 aromatic rings. The minimum absolute atomic E-state index is 0.0114. The summed E-state index contributed by atoms with van der Waals surface area (Å²) < 4.78 is 1.02. The van der Waals surface area contributed by atoms with Crippen LogP contribution in [0, 0.1) is 0 Å². The second-order valence-electron chi connectivity index (χ2n) is 5.25. The fourth-order valence-corrected chi connectivity index (χ4v) is 4.14. The third-order valence-electron chi connectivity index (χ3n) is 3.93. The van der Waals surface area contributed by atoms with Gasteiger partial charge in [-0.3, -0.25) is 9.69 Å². The van der Waals surface area contributed by atoms with Gasteiger partial charge in [-0.15, -0.1) is 0 Å². The number of carboxylic acids is 1. The molecule has 1 saturated heterocycles. The third-order valence-corrected chi connectivity index (χ3v) is 5.13. The van der Waals surface area contributed by atoms with Crippen LogP contribution in [0.15, 0.2) is 45.6 Å². The number of nitrogens with zero attached hydrogens (tertiary/aromatic N) is 1. The van der Waals surface area contributed by atoms with E-state index < -0.39 is 12.0 Å². The summed E-state index contributed by atoms with van der Waals surface area (Å²) in [5, 5.41) is 13.6. The molecule has 21 heavy (non-hydrogen) atoms. The van der Waals surface area contributed by atoms with Gasteiger partial charge in [0.1, 0.15) is 6.04 Å². The quantitative estimate of drug-likeness (QED) is 0.884. The normalized spacial score (nSPS) is 20.5. The standard InChI is InChI=1S/C16H16BrNO2S/c17-13-4-1-3-11(9-13)15(12-6-8-21-10-12)18-7-2-5-14(18)16(19)20/h1,3-4,6,8-10,14-15H,2,5,7H2,(H,19,20). The number of carboxylic acid groups (broad SMARTS) is 1. The van der Waals surface area contributed by atoms with E-state index in [0.29, 0.717) is 0 Å². The summed E-state index contributed by atoms with van der Waals surface area (Å²) in [6.07, 6.45) is 1.66. The summed E-state index contributed by atoms with van der Waals surface area (Å²) >= 11 is 5.16. The van der Waals surface area contributed by atoms with Crippen LogP contribution in [-0.4, -0.2) is 28.6 Å². The average Bonchev–Trinajstić information content (AvgIpc) is 3.10. The molecule has 0 amide bonds. The van der Waals surface area contributed by atoms with E-state index in [9.17, 15) is 9.90 Å². The van der Waals surface area contributed by atoms with E-state index in [1.165, 1.54) is 5.56 Å². The predicted molar refractivity (Wildman–Crippen MR) is 87.7 cm³/mol. The van der Waals surface area contributed by atoms with Gasteiger partial charge in [0.2, 0.25) is 0 Å². The fourth-order valence-electron chi connectivity index (χ4n) is 3.05. The minimum atomic E-state index is -0.720. The zero-order valence-corrected chi connectivity index (χ0v) is 13.8. The van der Waals surface area contributed by atoms with Crippen molar-refractivity contribution in [3.8, 4) is 0 Å². The maximum atomic E-state index is 11.5.